The largest absolute Gasteiger partial charge is 0.493 e. The maximum absolute atomic E-state index is 14.3. The molecule has 0 unspecified atom stereocenters. The summed E-state index contributed by atoms with van der Waals surface area (Å²) in [5, 5.41) is 0.152. The van der Waals surface area contributed by atoms with Crippen molar-refractivity contribution in [1.82, 2.24) is 19.5 Å². The van der Waals surface area contributed by atoms with Gasteiger partial charge in [0.2, 0.25) is 5.95 Å². The minimum atomic E-state index is -0.433. The third-order valence-corrected chi connectivity index (χ3v) is 3.60. The first-order valence-corrected chi connectivity index (χ1v) is 6.95. The number of imidazole rings is 1. The normalized spacial score (nSPS) is 11.0. The van der Waals surface area contributed by atoms with Gasteiger partial charge in [-0.2, -0.15) is 9.97 Å². The van der Waals surface area contributed by atoms with E-state index in [4.69, 9.17) is 26.8 Å². The second-order valence-electron chi connectivity index (χ2n) is 4.72. The van der Waals surface area contributed by atoms with Crippen LogP contribution in [0.5, 0.6) is 11.5 Å². The van der Waals surface area contributed by atoms with Crippen molar-refractivity contribution in [3.63, 3.8) is 0 Å². The number of halogens is 2. The number of anilines is 1. The molecule has 0 amide bonds. The fourth-order valence-corrected chi connectivity index (χ4v) is 2.46. The molecule has 0 saturated carbocycles. The van der Waals surface area contributed by atoms with Crippen LogP contribution in [0.25, 0.3) is 11.2 Å². The molecule has 0 fully saturated rings. The Balaban J connectivity index is 2.06. The Morgan fingerprint density at radius 3 is 2.61 bits per heavy atom. The molecule has 2 heterocycles. The van der Waals surface area contributed by atoms with Gasteiger partial charge in [-0.3, -0.25) is 0 Å². The van der Waals surface area contributed by atoms with Crippen molar-refractivity contribution in [2.45, 2.75) is 6.54 Å². The van der Waals surface area contributed by atoms with E-state index in [2.05, 4.69) is 15.0 Å². The molecular weight excluding hydrogens is 325 g/mol. The van der Waals surface area contributed by atoms with Crippen LogP contribution in [0.2, 0.25) is 5.15 Å². The van der Waals surface area contributed by atoms with Crippen LogP contribution in [0.3, 0.4) is 0 Å². The highest BCUT2D eigenvalue weighted by Gasteiger charge is 2.15. The SMILES string of the molecule is COc1cc(F)c(Cn2cnc3c(Cl)nc(N)nc32)cc1OC. The van der Waals surface area contributed by atoms with Crippen molar-refractivity contribution in [2.75, 3.05) is 20.0 Å². The number of hydrogen-bond donors (Lipinski definition) is 1. The predicted octanol–water partition coefficient (Wildman–Crippen LogP) is 2.27. The third kappa shape index (κ3) is 2.72. The van der Waals surface area contributed by atoms with Gasteiger partial charge in [0.25, 0.3) is 0 Å². The molecule has 0 radical (unpaired) electrons. The molecule has 0 atom stereocenters. The van der Waals surface area contributed by atoms with Crippen molar-refractivity contribution >= 4 is 28.7 Å². The van der Waals surface area contributed by atoms with Gasteiger partial charge < -0.3 is 19.8 Å². The van der Waals surface area contributed by atoms with Crippen LogP contribution in [0.15, 0.2) is 18.5 Å². The summed E-state index contributed by atoms with van der Waals surface area (Å²) in [5.74, 6) is 0.342. The molecule has 3 rings (SSSR count). The molecule has 9 heteroatoms. The first-order valence-electron chi connectivity index (χ1n) is 6.57. The van der Waals surface area contributed by atoms with Crippen LogP contribution in [0.1, 0.15) is 5.56 Å². The topological polar surface area (TPSA) is 88.1 Å². The summed E-state index contributed by atoms with van der Waals surface area (Å²) in [7, 11) is 2.93. The van der Waals surface area contributed by atoms with E-state index in [1.807, 2.05) is 0 Å². The average molecular weight is 338 g/mol. The van der Waals surface area contributed by atoms with Crippen LogP contribution in [-0.4, -0.2) is 33.7 Å². The lowest BCUT2D eigenvalue weighted by Crippen LogP contribution is -2.05. The number of nitrogens with two attached hydrogens (primary N) is 1. The van der Waals surface area contributed by atoms with Gasteiger partial charge in [-0.1, -0.05) is 11.6 Å². The molecule has 120 valence electrons. The Morgan fingerprint density at radius 1 is 1.22 bits per heavy atom. The van der Waals surface area contributed by atoms with Gasteiger partial charge in [0.05, 0.1) is 27.1 Å². The number of nitrogen functional groups attached to an aromatic ring is 1. The van der Waals surface area contributed by atoms with Gasteiger partial charge in [-0.05, 0) is 6.07 Å². The summed E-state index contributed by atoms with van der Waals surface area (Å²) >= 11 is 5.98. The van der Waals surface area contributed by atoms with Gasteiger partial charge in [-0.25, -0.2) is 9.37 Å². The standard InChI is InChI=1S/C14H13ClFN5O2/c1-22-9-3-7(8(16)4-10(9)23-2)5-21-6-18-11-12(15)19-14(17)20-13(11)21/h3-4,6H,5H2,1-2H3,(H2,17,19,20). The Kier molecular flexibility index (Phi) is 3.91. The molecule has 2 N–H and O–H groups in total. The van der Waals surface area contributed by atoms with Crippen LogP contribution >= 0.6 is 11.6 Å². The summed E-state index contributed by atoms with van der Waals surface area (Å²) in [6.07, 6.45) is 1.50. The Labute approximate surface area is 135 Å². The van der Waals surface area contributed by atoms with Crippen molar-refractivity contribution < 1.29 is 13.9 Å². The molecule has 0 aliphatic heterocycles. The van der Waals surface area contributed by atoms with Crippen LogP contribution < -0.4 is 15.2 Å². The number of benzene rings is 1. The number of hydrogen-bond acceptors (Lipinski definition) is 6. The fourth-order valence-electron chi connectivity index (χ4n) is 2.24. The monoisotopic (exact) mass is 337 g/mol. The van der Waals surface area contributed by atoms with Crippen molar-refractivity contribution in [1.29, 1.82) is 0 Å². The van der Waals surface area contributed by atoms with E-state index in [9.17, 15) is 4.39 Å². The summed E-state index contributed by atoms with van der Waals surface area (Å²) < 4.78 is 26.1. The van der Waals surface area contributed by atoms with E-state index in [0.29, 0.717) is 28.2 Å². The number of aromatic nitrogens is 4. The minimum Gasteiger partial charge on any atom is -0.493 e. The minimum absolute atomic E-state index is 0.0250. The molecule has 2 aromatic heterocycles. The summed E-state index contributed by atoms with van der Waals surface area (Å²) in [5.41, 5.74) is 6.82. The van der Waals surface area contributed by atoms with Crippen molar-refractivity contribution in [3.8, 4) is 11.5 Å². The van der Waals surface area contributed by atoms with Gasteiger partial charge >= 0.3 is 0 Å². The van der Waals surface area contributed by atoms with Crippen molar-refractivity contribution in [3.05, 3.63) is 35.0 Å². The maximum Gasteiger partial charge on any atom is 0.223 e. The molecule has 0 spiro atoms. The Morgan fingerprint density at radius 2 is 1.91 bits per heavy atom. The number of nitrogens with zero attached hydrogens (tertiary/aromatic N) is 4. The van der Waals surface area contributed by atoms with Crippen LogP contribution in [0.4, 0.5) is 10.3 Å². The number of ether oxygens (including phenoxy) is 2. The molecule has 0 aliphatic rings. The molecule has 0 aliphatic carbocycles. The average Bonchev–Trinajstić information content (AvgIpc) is 2.92. The zero-order chi connectivity index (χ0) is 16.6. The lowest BCUT2D eigenvalue weighted by molar-refractivity contribution is 0.351. The van der Waals surface area contributed by atoms with Crippen LogP contribution in [-0.2, 0) is 6.54 Å². The first-order chi connectivity index (χ1) is 11.0. The summed E-state index contributed by atoms with van der Waals surface area (Å²) in [4.78, 5) is 12.1. The van der Waals surface area contributed by atoms with E-state index in [1.165, 1.54) is 26.6 Å². The zero-order valence-corrected chi connectivity index (χ0v) is 13.1. The maximum atomic E-state index is 14.3. The summed E-state index contributed by atoms with van der Waals surface area (Å²) in [6, 6.07) is 2.83. The number of rotatable bonds is 4. The van der Waals surface area contributed by atoms with Gasteiger partial charge in [0.15, 0.2) is 22.3 Å². The Bertz CT molecular complexity index is 883. The molecule has 0 saturated heterocycles. The lowest BCUT2D eigenvalue weighted by atomic mass is 10.2. The lowest BCUT2D eigenvalue weighted by Gasteiger charge is -2.11. The van der Waals surface area contributed by atoms with E-state index < -0.39 is 5.82 Å². The molecule has 1 aromatic carbocycles. The second kappa shape index (κ2) is 5.88. The first kappa shape index (κ1) is 15.3. The molecule has 23 heavy (non-hydrogen) atoms. The highest BCUT2D eigenvalue weighted by atomic mass is 35.5. The zero-order valence-electron chi connectivity index (χ0n) is 12.4. The quantitative estimate of drug-likeness (QED) is 0.735. The summed E-state index contributed by atoms with van der Waals surface area (Å²) in [6.45, 7) is 0.176. The smallest absolute Gasteiger partial charge is 0.223 e. The van der Waals surface area contributed by atoms with Gasteiger partial charge in [-0.15, -0.1) is 0 Å². The predicted molar refractivity (Wildman–Crippen MR) is 83.4 cm³/mol. The molecule has 7 nitrogen and oxygen atoms in total. The second-order valence-corrected chi connectivity index (χ2v) is 5.07. The van der Waals surface area contributed by atoms with E-state index in [1.54, 1.807) is 10.6 Å². The van der Waals surface area contributed by atoms with E-state index >= 15 is 0 Å². The van der Waals surface area contributed by atoms with Crippen LogP contribution in [0, 0.1) is 5.82 Å². The third-order valence-electron chi connectivity index (χ3n) is 3.33. The molecule has 3 aromatic rings. The van der Waals surface area contributed by atoms with Gasteiger partial charge in [0.1, 0.15) is 11.3 Å². The van der Waals surface area contributed by atoms with E-state index in [0.717, 1.165) is 0 Å². The van der Waals surface area contributed by atoms with Crippen molar-refractivity contribution in [2.24, 2.45) is 0 Å². The molecule has 0 bridgehead atoms. The Hall–Kier alpha value is -2.61. The number of fused-ring (bicyclic) bond motifs is 1. The highest BCUT2D eigenvalue weighted by molar-refractivity contribution is 6.33. The highest BCUT2D eigenvalue weighted by Crippen LogP contribution is 2.30. The fraction of sp³-hybridized carbons (Fsp3) is 0.214. The number of methoxy groups -OCH3 is 2. The molecular formula is C14H13ClFN5O2. The van der Waals surface area contributed by atoms with E-state index in [-0.39, 0.29) is 17.6 Å². The van der Waals surface area contributed by atoms with Gasteiger partial charge in [0, 0.05) is 11.6 Å².